The summed E-state index contributed by atoms with van der Waals surface area (Å²) in [6.07, 6.45) is 6.00. The van der Waals surface area contributed by atoms with Gasteiger partial charge in [-0.3, -0.25) is 4.90 Å². The third-order valence-electron chi connectivity index (χ3n) is 8.08. The molecule has 1 aliphatic carbocycles. The van der Waals surface area contributed by atoms with Gasteiger partial charge in [-0.2, -0.15) is 20.0 Å². The minimum Gasteiger partial charge on any atom is -0.378 e. The highest BCUT2D eigenvalue weighted by atomic mass is 35.5. The van der Waals surface area contributed by atoms with Gasteiger partial charge in [0.25, 0.3) is 0 Å². The molecular formula is C26H27ClN10O. The van der Waals surface area contributed by atoms with Crippen LogP contribution in [0.1, 0.15) is 36.9 Å². The molecule has 0 unspecified atom stereocenters. The summed E-state index contributed by atoms with van der Waals surface area (Å²) in [6.45, 7) is 4.51. The zero-order valence-electron chi connectivity index (χ0n) is 20.8. The van der Waals surface area contributed by atoms with Gasteiger partial charge >= 0.3 is 0 Å². The quantitative estimate of drug-likeness (QED) is 0.490. The second-order valence-electron chi connectivity index (χ2n) is 10.6. The van der Waals surface area contributed by atoms with Gasteiger partial charge in [0.1, 0.15) is 6.07 Å². The van der Waals surface area contributed by atoms with Crippen LogP contribution in [-0.2, 0) is 4.74 Å². The number of nitrogens with zero attached hydrogens (tertiary/aromatic N) is 8. The Balaban J connectivity index is 1.22. The van der Waals surface area contributed by atoms with Crippen molar-refractivity contribution >= 4 is 40.4 Å². The van der Waals surface area contributed by atoms with Gasteiger partial charge in [0.2, 0.25) is 5.95 Å². The van der Waals surface area contributed by atoms with E-state index in [4.69, 9.17) is 16.3 Å². The van der Waals surface area contributed by atoms with Crippen molar-refractivity contribution in [1.29, 1.82) is 10.5 Å². The van der Waals surface area contributed by atoms with E-state index in [0.717, 1.165) is 51.4 Å². The lowest BCUT2D eigenvalue weighted by Gasteiger charge is -2.45. The van der Waals surface area contributed by atoms with Gasteiger partial charge in [0, 0.05) is 25.2 Å². The van der Waals surface area contributed by atoms with Gasteiger partial charge < -0.3 is 20.3 Å². The minimum absolute atomic E-state index is 0.268. The number of benzene rings is 1. The van der Waals surface area contributed by atoms with E-state index in [1.807, 2.05) is 6.07 Å². The molecule has 3 aliphatic heterocycles. The molecule has 11 nitrogen and oxygen atoms in total. The zero-order chi connectivity index (χ0) is 25.8. The molecule has 3 aromatic rings. The molecule has 2 aromatic heterocycles. The third-order valence-corrected chi connectivity index (χ3v) is 8.47. The summed E-state index contributed by atoms with van der Waals surface area (Å²) in [4.78, 5) is 13.9. The number of halogens is 1. The lowest BCUT2D eigenvalue weighted by molar-refractivity contribution is -0.0903. The molecule has 0 amide bonds. The average Bonchev–Trinajstić information content (AvgIpc) is 3.43. The van der Waals surface area contributed by atoms with Crippen LogP contribution >= 0.6 is 11.6 Å². The number of nitrogens with one attached hydrogen (secondary N) is 2. The lowest BCUT2D eigenvalue weighted by Crippen LogP contribution is -2.57. The first-order valence-corrected chi connectivity index (χ1v) is 13.5. The van der Waals surface area contributed by atoms with Crippen molar-refractivity contribution in [1.82, 2.24) is 24.5 Å². The summed E-state index contributed by atoms with van der Waals surface area (Å²) in [5.41, 5.74) is 2.70. The van der Waals surface area contributed by atoms with Crippen LogP contribution in [0.25, 0.3) is 5.65 Å². The Morgan fingerprint density at radius 2 is 1.97 bits per heavy atom. The fourth-order valence-corrected chi connectivity index (χ4v) is 6.20. The van der Waals surface area contributed by atoms with E-state index in [1.165, 1.54) is 23.6 Å². The summed E-state index contributed by atoms with van der Waals surface area (Å²) < 4.78 is 6.96. The zero-order valence-corrected chi connectivity index (χ0v) is 21.5. The van der Waals surface area contributed by atoms with Gasteiger partial charge in [0.15, 0.2) is 17.2 Å². The van der Waals surface area contributed by atoms with Crippen LogP contribution < -0.4 is 15.5 Å². The first-order valence-electron chi connectivity index (χ1n) is 13.1. The second-order valence-corrected chi connectivity index (χ2v) is 11.0. The standard InChI is InChI=1S/C26H27ClN10O/c27-23-20(32-26-33-24(31-17-3-4-17)25-30-10-18(9-29)37(25)34-26)6-15(8-28)7-21(23)35-11-16-2-1-5-36(22(16)12-35)19-13-38-14-19/h6-7,10,16-17,19,22H,1-5,11-14H2,(H2,31,32,33,34)/t16-,22+/m0/s1. The SMILES string of the molecule is N#Cc1cc(Nc2nc(NC3CC3)c3ncc(C#N)n3n2)c(Cl)c(N2C[C@@H]3CCCN(C4COC4)[C@@H]3C2)c1. The molecule has 38 heavy (non-hydrogen) atoms. The van der Waals surface area contributed by atoms with E-state index in [-0.39, 0.29) is 5.95 Å². The van der Waals surface area contributed by atoms with Gasteiger partial charge in [-0.15, -0.1) is 5.10 Å². The van der Waals surface area contributed by atoms with E-state index in [2.05, 4.69) is 47.6 Å². The number of imidazole rings is 1. The van der Waals surface area contributed by atoms with E-state index >= 15 is 0 Å². The van der Waals surface area contributed by atoms with Gasteiger partial charge in [-0.1, -0.05) is 11.6 Å². The van der Waals surface area contributed by atoms with Crippen LogP contribution in [-0.4, -0.2) is 75.5 Å². The number of rotatable bonds is 6. The number of anilines is 4. The maximum atomic E-state index is 9.83. The van der Waals surface area contributed by atoms with Gasteiger partial charge in [0.05, 0.1) is 53.5 Å². The highest BCUT2D eigenvalue weighted by molar-refractivity contribution is 6.36. The fraction of sp³-hybridized carbons (Fsp3) is 0.500. The molecule has 7 rings (SSSR count). The number of piperidine rings is 1. The van der Waals surface area contributed by atoms with Gasteiger partial charge in [-0.05, 0) is 50.3 Å². The number of nitriles is 2. The Morgan fingerprint density at radius 3 is 2.71 bits per heavy atom. The Kier molecular flexibility index (Phi) is 5.73. The summed E-state index contributed by atoms with van der Waals surface area (Å²) in [7, 11) is 0. The average molecular weight is 531 g/mol. The molecule has 12 heteroatoms. The molecule has 4 fully saturated rings. The topological polar surface area (TPSA) is 130 Å². The third kappa shape index (κ3) is 4.08. The van der Waals surface area contributed by atoms with Crippen LogP contribution in [0.4, 0.5) is 23.1 Å². The summed E-state index contributed by atoms with van der Waals surface area (Å²) >= 11 is 7.00. The number of hydrogen-bond donors (Lipinski definition) is 2. The van der Waals surface area contributed by atoms with E-state index < -0.39 is 0 Å². The van der Waals surface area contributed by atoms with E-state index in [1.54, 1.807) is 6.07 Å². The minimum atomic E-state index is 0.268. The first kappa shape index (κ1) is 23.5. The van der Waals surface area contributed by atoms with Crippen molar-refractivity contribution in [3.8, 4) is 12.1 Å². The molecule has 2 atom stereocenters. The van der Waals surface area contributed by atoms with Crippen molar-refractivity contribution in [2.75, 3.05) is 48.4 Å². The second kappa shape index (κ2) is 9.28. The Labute approximate surface area is 225 Å². The van der Waals surface area contributed by atoms with Crippen LogP contribution in [0.15, 0.2) is 18.3 Å². The molecule has 194 valence electrons. The van der Waals surface area contributed by atoms with Crippen molar-refractivity contribution in [3.05, 3.63) is 34.6 Å². The van der Waals surface area contributed by atoms with E-state index in [9.17, 15) is 10.5 Å². The summed E-state index contributed by atoms with van der Waals surface area (Å²) in [6, 6.07) is 9.30. The monoisotopic (exact) mass is 530 g/mol. The Hall–Kier alpha value is -3.64. The molecule has 0 bridgehead atoms. The smallest absolute Gasteiger partial charge is 0.247 e. The Bertz CT molecular complexity index is 1480. The molecule has 2 N–H and O–H groups in total. The first-order chi connectivity index (χ1) is 18.6. The maximum absolute atomic E-state index is 9.83. The van der Waals surface area contributed by atoms with Crippen molar-refractivity contribution in [2.24, 2.45) is 5.92 Å². The predicted octanol–water partition coefficient (Wildman–Crippen LogP) is 3.14. The number of hydrogen-bond acceptors (Lipinski definition) is 10. The van der Waals surface area contributed by atoms with Crippen LogP contribution in [0.5, 0.6) is 0 Å². The van der Waals surface area contributed by atoms with Crippen LogP contribution in [0, 0.1) is 28.6 Å². The Morgan fingerprint density at radius 1 is 1.11 bits per heavy atom. The molecular weight excluding hydrogens is 504 g/mol. The molecule has 1 saturated carbocycles. The van der Waals surface area contributed by atoms with Crippen molar-refractivity contribution in [3.63, 3.8) is 0 Å². The maximum Gasteiger partial charge on any atom is 0.247 e. The lowest BCUT2D eigenvalue weighted by atomic mass is 9.90. The highest BCUT2D eigenvalue weighted by Gasteiger charge is 2.43. The molecule has 5 heterocycles. The highest BCUT2D eigenvalue weighted by Crippen LogP contribution is 2.41. The predicted molar refractivity (Wildman–Crippen MR) is 142 cm³/mol. The van der Waals surface area contributed by atoms with Crippen LogP contribution in [0.3, 0.4) is 0 Å². The number of ether oxygens (including phenoxy) is 1. The molecule has 0 radical (unpaired) electrons. The molecule has 4 aliphatic rings. The summed E-state index contributed by atoms with van der Waals surface area (Å²) in [5, 5.41) is 31.0. The van der Waals surface area contributed by atoms with Crippen molar-refractivity contribution in [2.45, 2.75) is 43.8 Å². The molecule has 0 spiro atoms. The van der Waals surface area contributed by atoms with Crippen molar-refractivity contribution < 1.29 is 4.74 Å². The number of likely N-dealkylation sites (tertiary alicyclic amines) is 1. The number of aromatic nitrogens is 4. The van der Waals surface area contributed by atoms with E-state index in [0.29, 0.717) is 57.5 Å². The molecule has 1 aromatic carbocycles. The number of fused-ring (bicyclic) bond motifs is 2. The van der Waals surface area contributed by atoms with Crippen LogP contribution in [0.2, 0.25) is 5.02 Å². The largest absolute Gasteiger partial charge is 0.378 e. The normalized spacial score (nSPS) is 23.5. The summed E-state index contributed by atoms with van der Waals surface area (Å²) in [5.74, 6) is 1.39. The fourth-order valence-electron chi connectivity index (χ4n) is 5.92. The van der Waals surface area contributed by atoms with Gasteiger partial charge in [-0.25, -0.2) is 4.98 Å². The molecule has 3 saturated heterocycles.